The average Bonchev–Trinajstić information content (AvgIpc) is 3.23. The molecule has 0 aromatic heterocycles. The average molecular weight is 428 g/mol. The van der Waals surface area contributed by atoms with E-state index in [0.29, 0.717) is 6.54 Å². The summed E-state index contributed by atoms with van der Waals surface area (Å²) in [4.78, 5) is 15.9. The molecule has 1 amide bonds. The maximum atomic E-state index is 13.6. The van der Waals surface area contributed by atoms with Gasteiger partial charge >= 0.3 is 0 Å². The van der Waals surface area contributed by atoms with E-state index in [4.69, 9.17) is 0 Å². The molecule has 2 heterocycles. The van der Waals surface area contributed by atoms with Gasteiger partial charge in [-0.2, -0.15) is 0 Å². The monoisotopic (exact) mass is 427 g/mol. The molecule has 1 fully saturated rings. The highest BCUT2D eigenvalue weighted by atomic mass is 16.2. The van der Waals surface area contributed by atoms with Crippen molar-refractivity contribution in [3.63, 3.8) is 0 Å². The van der Waals surface area contributed by atoms with Gasteiger partial charge in [0.05, 0.1) is 12.2 Å². The van der Waals surface area contributed by atoms with Gasteiger partial charge in [0.2, 0.25) is 0 Å². The Labute approximate surface area is 191 Å². The highest BCUT2D eigenvalue weighted by molar-refractivity contribution is 5.80. The molecular weight excluding hydrogens is 394 g/mol. The summed E-state index contributed by atoms with van der Waals surface area (Å²) in [7, 11) is 0. The second-order valence-corrected chi connectivity index (χ2v) is 9.48. The van der Waals surface area contributed by atoms with E-state index in [0.717, 1.165) is 44.0 Å². The summed E-state index contributed by atoms with van der Waals surface area (Å²) >= 11 is 0. The van der Waals surface area contributed by atoms with Gasteiger partial charge in [-0.05, 0) is 79.5 Å². The molecule has 2 aliphatic heterocycles. The number of carbonyl (C=O) groups is 1. The van der Waals surface area contributed by atoms with Crippen LogP contribution >= 0.6 is 0 Å². The molecule has 5 rings (SSSR count). The topological polar surface area (TPSA) is 35.6 Å². The number of likely N-dealkylation sites (tertiary alicyclic amines) is 1. The van der Waals surface area contributed by atoms with Gasteiger partial charge in [0, 0.05) is 0 Å². The van der Waals surface area contributed by atoms with Crippen LogP contribution in [0, 0.1) is 5.92 Å². The minimum absolute atomic E-state index is 0.0260. The summed E-state index contributed by atoms with van der Waals surface area (Å²) in [6.07, 6.45) is 7.83. The number of hydrogen-bond acceptors (Lipinski definition) is 3. The summed E-state index contributed by atoms with van der Waals surface area (Å²) < 4.78 is 0. The zero-order valence-corrected chi connectivity index (χ0v) is 19.0. The standard InChI is InChI=1S/C28H33N3O/c1-21-15-17-30(18-16-21)20-26(32)31-28(23-11-6-3-7-12-23)25-14-8-13-24(27(25)29-31)19-22-9-4-2-5-10-22/h2-7,9-12,19,21,28-29H,8,13-18,20H2,1H3/b24-19+/t28-/m1/s1. The highest BCUT2D eigenvalue weighted by Gasteiger charge is 2.39. The molecule has 2 aromatic rings. The molecule has 4 nitrogen and oxygen atoms in total. The molecule has 4 heteroatoms. The van der Waals surface area contributed by atoms with E-state index in [1.54, 1.807) is 0 Å². The molecule has 0 saturated carbocycles. The van der Waals surface area contributed by atoms with Crippen LogP contribution in [0.15, 0.2) is 77.5 Å². The van der Waals surface area contributed by atoms with Crippen LogP contribution in [0.1, 0.15) is 56.2 Å². The van der Waals surface area contributed by atoms with Crippen LogP contribution in [0.3, 0.4) is 0 Å². The predicted molar refractivity (Wildman–Crippen MR) is 129 cm³/mol. The smallest absolute Gasteiger partial charge is 0.255 e. The van der Waals surface area contributed by atoms with Crippen molar-refractivity contribution in [1.82, 2.24) is 15.3 Å². The Morgan fingerprint density at radius 2 is 1.69 bits per heavy atom. The quantitative estimate of drug-likeness (QED) is 0.717. The van der Waals surface area contributed by atoms with Gasteiger partial charge in [0.15, 0.2) is 0 Å². The Morgan fingerprint density at radius 3 is 2.41 bits per heavy atom. The normalized spacial score (nSPS) is 23.3. The van der Waals surface area contributed by atoms with Crippen molar-refractivity contribution in [3.05, 3.63) is 88.6 Å². The molecule has 0 spiro atoms. The van der Waals surface area contributed by atoms with Crippen molar-refractivity contribution in [3.8, 4) is 0 Å². The Bertz CT molecular complexity index is 1000. The Kier molecular flexibility index (Phi) is 6.13. The van der Waals surface area contributed by atoms with E-state index in [9.17, 15) is 4.79 Å². The fraction of sp³-hybridized carbons (Fsp3) is 0.393. The van der Waals surface area contributed by atoms with Gasteiger partial charge < -0.3 is 0 Å². The Morgan fingerprint density at radius 1 is 1.00 bits per heavy atom. The molecule has 2 aromatic carbocycles. The van der Waals surface area contributed by atoms with Crippen LogP contribution in [0.25, 0.3) is 6.08 Å². The zero-order valence-electron chi connectivity index (χ0n) is 19.0. The van der Waals surface area contributed by atoms with Crippen LogP contribution in [0.2, 0.25) is 0 Å². The number of nitrogens with one attached hydrogen (secondary N) is 1. The van der Waals surface area contributed by atoms with Crippen molar-refractivity contribution < 1.29 is 4.79 Å². The third kappa shape index (κ3) is 4.37. The maximum absolute atomic E-state index is 13.6. The van der Waals surface area contributed by atoms with E-state index in [1.165, 1.54) is 35.1 Å². The summed E-state index contributed by atoms with van der Waals surface area (Å²) in [5, 5.41) is 1.92. The number of rotatable bonds is 4. The zero-order chi connectivity index (χ0) is 21.9. The SMILES string of the molecule is CC1CCN(CC(=O)N2NC3=C(CCC/C3=C\c3ccccc3)[C@H]2c2ccccc2)CC1. The van der Waals surface area contributed by atoms with Crippen molar-refractivity contribution in [2.75, 3.05) is 19.6 Å². The first-order chi connectivity index (χ1) is 15.7. The van der Waals surface area contributed by atoms with Crippen molar-refractivity contribution in [1.29, 1.82) is 0 Å². The molecule has 1 N–H and O–H groups in total. The van der Waals surface area contributed by atoms with Gasteiger partial charge in [0.1, 0.15) is 6.04 Å². The highest BCUT2D eigenvalue weighted by Crippen LogP contribution is 2.43. The molecule has 3 aliphatic rings. The molecular formula is C28H33N3O. The van der Waals surface area contributed by atoms with Crippen molar-refractivity contribution in [2.45, 2.75) is 45.1 Å². The number of benzene rings is 2. The molecule has 0 unspecified atom stereocenters. The first kappa shape index (κ1) is 21.0. The lowest BCUT2D eigenvalue weighted by molar-refractivity contribution is -0.136. The largest absolute Gasteiger partial charge is 0.295 e. The number of piperidine rings is 1. The summed E-state index contributed by atoms with van der Waals surface area (Å²) in [5.41, 5.74) is 9.79. The molecule has 1 saturated heterocycles. The van der Waals surface area contributed by atoms with Gasteiger partial charge in [-0.25, -0.2) is 5.01 Å². The van der Waals surface area contributed by atoms with Crippen LogP contribution in [-0.4, -0.2) is 35.5 Å². The summed E-state index contributed by atoms with van der Waals surface area (Å²) in [5.74, 6) is 0.935. The van der Waals surface area contributed by atoms with Gasteiger partial charge in [0.25, 0.3) is 5.91 Å². The second-order valence-electron chi connectivity index (χ2n) is 9.48. The van der Waals surface area contributed by atoms with E-state index in [1.807, 2.05) is 11.1 Å². The Hall–Kier alpha value is -2.85. The molecule has 0 bridgehead atoms. The fourth-order valence-electron chi connectivity index (χ4n) is 5.26. The number of hydrazine groups is 1. The molecule has 166 valence electrons. The number of nitrogens with zero attached hydrogens (tertiary/aromatic N) is 2. The van der Waals surface area contributed by atoms with Gasteiger partial charge in [-0.3, -0.25) is 15.1 Å². The van der Waals surface area contributed by atoms with E-state index in [-0.39, 0.29) is 11.9 Å². The fourth-order valence-corrected chi connectivity index (χ4v) is 5.26. The van der Waals surface area contributed by atoms with Crippen LogP contribution in [0.4, 0.5) is 0 Å². The van der Waals surface area contributed by atoms with Crippen LogP contribution in [0.5, 0.6) is 0 Å². The first-order valence-corrected chi connectivity index (χ1v) is 12.0. The van der Waals surface area contributed by atoms with Crippen LogP contribution < -0.4 is 5.43 Å². The van der Waals surface area contributed by atoms with Gasteiger partial charge in [-0.1, -0.05) is 67.6 Å². The maximum Gasteiger partial charge on any atom is 0.255 e. The molecule has 1 atom stereocenters. The lowest BCUT2D eigenvalue weighted by atomic mass is 9.86. The predicted octanol–water partition coefficient (Wildman–Crippen LogP) is 5.33. The van der Waals surface area contributed by atoms with Gasteiger partial charge in [-0.15, -0.1) is 0 Å². The third-order valence-electron chi connectivity index (χ3n) is 7.11. The summed E-state index contributed by atoms with van der Waals surface area (Å²) in [6.45, 7) is 4.83. The van der Waals surface area contributed by atoms with Crippen molar-refractivity contribution >= 4 is 12.0 Å². The minimum atomic E-state index is -0.0260. The first-order valence-electron chi connectivity index (χ1n) is 12.0. The lowest BCUT2D eigenvalue weighted by Crippen LogP contribution is -2.47. The number of amides is 1. The Balaban J connectivity index is 1.45. The molecule has 32 heavy (non-hydrogen) atoms. The molecule has 1 aliphatic carbocycles. The van der Waals surface area contributed by atoms with Crippen molar-refractivity contribution in [2.24, 2.45) is 5.92 Å². The lowest BCUT2D eigenvalue weighted by Gasteiger charge is -2.33. The number of allylic oxidation sites excluding steroid dienone is 1. The van der Waals surface area contributed by atoms with E-state index in [2.05, 4.69) is 77.9 Å². The van der Waals surface area contributed by atoms with E-state index >= 15 is 0 Å². The third-order valence-corrected chi connectivity index (χ3v) is 7.11. The number of carbonyl (C=O) groups excluding carboxylic acids is 1. The minimum Gasteiger partial charge on any atom is -0.295 e. The van der Waals surface area contributed by atoms with Crippen LogP contribution in [-0.2, 0) is 4.79 Å². The van der Waals surface area contributed by atoms with E-state index < -0.39 is 0 Å². The second kappa shape index (κ2) is 9.33. The molecule has 0 radical (unpaired) electrons. The number of hydrogen-bond donors (Lipinski definition) is 1. The summed E-state index contributed by atoms with van der Waals surface area (Å²) in [6, 6.07) is 21.0.